The van der Waals surface area contributed by atoms with Gasteiger partial charge in [0.05, 0.1) is 16.8 Å². The lowest BCUT2D eigenvalue weighted by Crippen LogP contribution is -2.32. The van der Waals surface area contributed by atoms with Crippen LogP contribution in [0.3, 0.4) is 0 Å². The molecule has 37 heavy (non-hydrogen) atoms. The van der Waals surface area contributed by atoms with E-state index in [-0.39, 0.29) is 24.5 Å². The molecule has 3 aromatic rings. The first-order chi connectivity index (χ1) is 17.8. The number of aromatic hydroxyl groups is 1. The van der Waals surface area contributed by atoms with Gasteiger partial charge < -0.3 is 19.3 Å². The summed E-state index contributed by atoms with van der Waals surface area (Å²) in [7, 11) is 0. The van der Waals surface area contributed by atoms with Gasteiger partial charge in [0, 0.05) is 27.0 Å². The lowest BCUT2D eigenvalue weighted by molar-refractivity contribution is -0.141. The molecule has 0 aliphatic heterocycles. The second-order valence-electron chi connectivity index (χ2n) is 7.64. The molecule has 0 aliphatic carbocycles. The van der Waals surface area contributed by atoms with Crippen molar-refractivity contribution in [3.63, 3.8) is 0 Å². The first-order valence-electron chi connectivity index (χ1n) is 11.1. The van der Waals surface area contributed by atoms with E-state index in [9.17, 15) is 14.7 Å². The highest BCUT2D eigenvalue weighted by Gasteiger charge is 2.33. The van der Waals surface area contributed by atoms with E-state index in [2.05, 4.69) is 49.8 Å². The summed E-state index contributed by atoms with van der Waals surface area (Å²) in [6, 6.07) is 19.6. The second-order valence-corrected chi connectivity index (χ2v) is 10.6. The summed E-state index contributed by atoms with van der Waals surface area (Å²) in [4.78, 5) is 25.7. The van der Waals surface area contributed by atoms with Crippen molar-refractivity contribution in [2.75, 3.05) is 23.9 Å². The first kappa shape index (κ1) is 29.2. The Morgan fingerprint density at radius 2 is 1.78 bits per heavy atom. The van der Waals surface area contributed by atoms with Crippen LogP contribution in [0.2, 0.25) is 0 Å². The van der Waals surface area contributed by atoms with E-state index in [1.807, 2.05) is 24.5 Å². The topological polar surface area (TPSA) is 94.1 Å². The lowest BCUT2D eigenvalue weighted by Gasteiger charge is -2.29. The van der Waals surface area contributed by atoms with Gasteiger partial charge in [-0.05, 0) is 70.7 Å². The lowest BCUT2D eigenvalue weighted by atomic mass is 10.0. The summed E-state index contributed by atoms with van der Waals surface area (Å²) in [6.45, 7) is -0.00947. The predicted octanol–water partition coefficient (Wildman–Crippen LogP) is 7.24. The third-order valence-corrected chi connectivity index (χ3v) is 7.16. The molecule has 1 amide bonds. The van der Waals surface area contributed by atoms with E-state index >= 15 is 0 Å². The Kier molecular flexibility index (Phi) is 11.5. The summed E-state index contributed by atoms with van der Waals surface area (Å²) in [6.07, 6.45) is -0.518. The number of hydrogen-bond donors (Lipinski definition) is 3. The van der Waals surface area contributed by atoms with Crippen LogP contribution in [0.25, 0.3) is 0 Å². The number of thioether (sulfide) groups is 1. The van der Waals surface area contributed by atoms with Gasteiger partial charge in [0.15, 0.2) is 6.10 Å². The molecular weight excluding hydrogens is 646 g/mol. The summed E-state index contributed by atoms with van der Waals surface area (Å²) >= 11 is 12.3. The second kappa shape index (κ2) is 14.6. The molecular formula is C26H25Br2NO6S2. The van der Waals surface area contributed by atoms with Crippen molar-refractivity contribution < 1.29 is 28.9 Å². The Hall–Kier alpha value is -2.34. The number of phenols is 1. The third kappa shape index (κ3) is 8.87. The zero-order chi connectivity index (χ0) is 26.8. The van der Waals surface area contributed by atoms with E-state index in [0.29, 0.717) is 25.9 Å². The molecule has 196 valence electrons. The summed E-state index contributed by atoms with van der Waals surface area (Å²) in [5.41, 5.74) is 0.847. The van der Waals surface area contributed by atoms with Crippen LogP contribution < -0.4 is 10.1 Å². The van der Waals surface area contributed by atoms with Crippen LogP contribution in [-0.2, 0) is 14.3 Å². The Labute approximate surface area is 241 Å². The van der Waals surface area contributed by atoms with Crippen molar-refractivity contribution in [2.24, 2.45) is 0 Å². The number of esters is 1. The van der Waals surface area contributed by atoms with E-state index in [1.54, 1.807) is 60.3 Å². The zero-order valence-corrected chi connectivity index (χ0v) is 24.6. The molecule has 0 saturated heterocycles. The molecule has 11 heteroatoms. The number of phenolic OH excluding ortho intramolecular Hbond substituents is 1. The monoisotopic (exact) mass is 669 g/mol. The number of halogens is 2. The Balaban J connectivity index is 1.94. The summed E-state index contributed by atoms with van der Waals surface area (Å²) < 4.78 is 18.3. The van der Waals surface area contributed by atoms with Gasteiger partial charge in [-0.15, -0.1) is 11.8 Å². The van der Waals surface area contributed by atoms with Gasteiger partial charge in [0.1, 0.15) is 17.6 Å². The highest BCUT2D eigenvalue weighted by Crippen LogP contribution is 2.39. The number of thiol groups is 1. The minimum Gasteiger partial charge on any atom is -0.506 e. The molecule has 0 spiro atoms. The molecule has 2 atom stereocenters. The highest BCUT2D eigenvalue weighted by molar-refractivity contribution is 9.11. The molecule has 0 saturated carbocycles. The van der Waals surface area contributed by atoms with Gasteiger partial charge in [-0.1, -0.05) is 34.1 Å². The Morgan fingerprint density at radius 1 is 1.08 bits per heavy atom. The van der Waals surface area contributed by atoms with Crippen LogP contribution in [0.5, 0.6) is 11.5 Å². The Morgan fingerprint density at radius 3 is 2.43 bits per heavy atom. The molecule has 0 radical (unpaired) electrons. The maximum absolute atomic E-state index is 13.0. The number of hydrogen-bond acceptors (Lipinski definition) is 8. The maximum Gasteiger partial charge on any atom is 0.412 e. The van der Waals surface area contributed by atoms with E-state index in [0.717, 1.165) is 4.90 Å². The van der Waals surface area contributed by atoms with Crippen molar-refractivity contribution in [3.05, 3.63) is 81.2 Å². The van der Waals surface area contributed by atoms with Crippen LogP contribution in [0.4, 0.5) is 10.5 Å². The molecule has 3 aromatic carbocycles. The minimum absolute atomic E-state index is 0.00947. The van der Waals surface area contributed by atoms with Crippen LogP contribution >= 0.6 is 56.3 Å². The van der Waals surface area contributed by atoms with Crippen LogP contribution in [0.15, 0.2) is 80.6 Å². The van der Waals surface area contributed by atoms with Crippen LogP contribution in [0, 0.1) is 0 Å². The zero-order valence-electron chi connectivity index (χ0n) is 19.7. The van der Waals surface area contributed by atoms with Crippen molar-refractivity contribution in [2.45, 2.75) is 23.5 Å². The number of rotatable bonds is 11. The number of carbonyl (C=O) groups is 2. The molecule has 3 rings (SSSR count). The van der Waals surface area contributed by atoms with Gasteiger partial charge in [0.25, 0.3) is 0 Å². The molecule has 0 aliphatic rings. The first-order valence-corrected chi connectivity index (χ1v) is 14.5. The number of amides is 1. The average Bonchev–Trinajstić information content (AvgIpc) is 2.90. The molecule has 7 nitrogen and oxygen atoms in total. The Bertz CT molecular complexity index is 1200. The van der Waals surface area contributed by atoms with Gasteiger partial charge in [0.2, 0.25) is 0 Å². The number of anilines is 1. The molecule has 0 aromatic heterocycles. The fourth-order valence-electron chi connectivity index (χ4n) is 3.36. The standard InChI is InChI=1S/C26H25Br2NO6S2/c1-37-19-9-7-17(8-10-19)29-26(32)35-25(20-13-16(27)14-21(28)24(20)31)22(11-12-33-23(30)15-36)34-18-5-3-2-4-6-18/h2-10,13-14,22,25,31,36H,11-12,15H2,1H3,(H,29,32)/t22-,25-/m0/s1. The largest absolute Gasteiger partial charge is 0.506 e. The van der Waals surface area contributed by atoms with E-state index < -0.39 is 24.3 Å². The van der Waals surface area contributed by atoms with E-state index in [1.165, 1.54) is 0 Å². The van der Waals surface area contributed by atoms with Crippen LogP contribution in [0.1, 0.15) is 18.1 Å². The minimum atomic E-state index is -1.07. The van der Waals surface area contributed by atoms with Gasteiger partial charge in [-0.2, -0.15) is 12.6 Å². The van der Waals surface area contributed by atoms with Gasteiger partial charge >= 0.3 is 12.1 Å². The summed E-state index contributed by atoms with van der Waals surface area (Å²) in [5.74, 6) is -0.150. The van der Waals surface area contributed by atoms with E-state index in [4.69, 9.17) is 14.2 Å². The van der Waals surface area contributed by atoms with Gasteiger partial charge in [-0.3, -0.25) is 10.1 Å². The number of para-hydroxylation sites is 1. The molecule has 0 bridgehead atoms. The molecule has 2 N–H and O–H groups in total. The van der Waals surface area contributed by atoms with Gasteiger partial charge in [-0.25, -0.2) is 4.79 Å². The molecule has 0 heterocycles. The number of nitrogens with one attached hydrogen (secondary N) is 1. The normalized spacial score (nSPS) is 12.3. The summed E-state index contributed by atoms with van der Waals surface area (Å²) in [5, 5.41) is 13.6. The highest BCUT2D eigenvalue weighted by atomic mass is 79.9. The molecule has 0 fully saturated rings. The predicted molar refractivity (Wildman–Crippen MR) is 155 cm³/mol. The maximum atomic E-state index is 13.0. The smallest absolute Gasteiger partial charge is 0.412 e. The molecule has 0 unspecified atom stereocenters. The number of benzene rings is 3. The fourth-order valence-corrected chi connectivity index (χ4v) is 5.12. The fraction of sp³-hybridized carbons (Fsp3) is 0.231. The van der Waals surface area contributed by atoms with Crippen molar-refractivity contribution in [3.8, 4) is 11.5 Å². The SMILES string of the molecule is CSc1ccc(NC(=O)O[C@@H](c2cc(Br)cc(Br)c2O)[C@H](CCOC(=O)CS)Oc2ccccc2)cc1. The quantitative estimate of drug-likeness (QED) is 0.113. The van der Waals surface area contributed by atoms with Crippen molar-refractivity contribution >= 4 is 74.0 Å². The van der Waals surface area contributed by atoms with Crippen molar-refractivity contribution in [1.82, 2.24) is 0 Å². The van der Waals surface area contributed by atoms with Crippen molar-refractivity contribution in [1.29, 1.82) is 0 Å². The number of ether oxygens (including phenoxy) is 3. The third-order valence-electron chi connectivity index (χ3n) is 5.10. The average molecular weight is 671 g/mol. The number of carbonyl (C=O) groups excluding carboxylic acids is 2. The van der Waals surface area contributed by atoms with Crippen LogP contribution in [-0.4, -0.2) is 41.9 Å².